The molecule has 0 bridgehead atoms. The van der Waals surface area contributed by atoms with Crippen molar-refractivity contribution < 1.29 is 23.9 Å². The van der Waals surface area contributed by atoms with Gasteiger partial charge in [0.2, 0.25) is 5.60 Å². The Hall–Kier alpha value is -1.92. The first-order valence-electron chi connectivity index (χ1n) is 9.06. The third-order valence-corrected chi connectivity index (χ3v) is 5.03. The molecule has 0 aromatic heterocycles. The maximum Gasteiger partial charge on any atom is 0.350 e. The number of piperidine rings is 1. The SMILES string of the molecule is CCOC(=O)C1(OC(=O)Cc2cc(C)c(C)cc2C)CCN(OC)CC1. The van der Waals surface area contributed by atoms with Crippen molar-refractivity contribution in [3.8, 4) is 0 Å². The third-order valence-electron chi connectivity index (χ3n) is 5.03. The Balaban J connectivity index is 2.14. The minimum absolute atomic E-state index is 0.141. The monoisotopic (exact) mass is 363 g/mol. The van der Waals surface area contributed by atoms with Gasteiger partial charge in [0.1, 0.15) is 0 Å². The van der Waals surface area contributed by atoms with Crippen molar-refractivity contribution in [3.05, 3.63) is 34.4 Å². The molecule has 1 aliphatic heterocycles. The number of hydroxylamine groups is 2. The van der Waals surface area contributed by atoms with E-state index in [-0.39, 0.29) is 13.0 Å². The van der Waals surface area contributed by atoms with Gasteiger partial charge >= 0.3 is 11.9 Å². The van der Waals surface area contributed by atoms with Gasteiger partial charge in [0.05, 0.1) is 20.1 Å². The van der Waals surface area contributed by atoms with Crippen LogP contribution < -0.4 is 0 Å². The van der Waals surface area contributed by atoms with Crippen molar-refractivity contribution in [2.75, 3.05) is 26.8 Å². The summed E-state index contributed by atoms with van der Waals surface area (Å²) in [4.78, 5) is 30.3. The van der Waals surface area contributed by atoms with Gasteiger partial charge in [-0.15, -0.1) is 0 Å². The highest BCUT2D eigenvalue weighted by Crippen LogP contribution is 2.29. The first-order valence-corrected chi connectivity index (χ1v) is 9.06. The van der Waals surface area contributed by atoms with E-state index in [1.807, 2.05) is 26.8 Å². The van der Waals surface area contributed by atoms with Crippen LogP contribution in [0.3, 0.4) is 0 Å². The highest BCUT2D eigenvalue weighted by atomic mass is 16.7. The molecule has 0 N–H and O–H groups in total. The highest BCUT2D eigenvalue weighted by Gasteiger charge is 2.46. The molecular weight excluding hydrogens is 334 g/mol. The second-order valence-corrected chi connectivity index (χ2v) is 6.84. The van der Waals surface area contributed by atoms with E-state index in [1.54, 1.807) is 19.1 Å². The fourth-order valence-electron chi connectivity index (χ4n) is 3.26. The summed E-state index contributed by atoms with van der Waals surface area (Å²) < 4.78 is 10.9. The van der Waals surface area contributed by atoms with E-state index in [1.165, 1.54) is 5.56 Å². The molecule has 1 fully saturated rings. The number of ether oxygens (including phenoxy) is 2. The summed E-state index contributed by atoms with van der Waals surface area (Å²) >= 11 is 0. The maximum absolute atomic E-state index is 12.6. The Morgan fingerprint density at radius 2 is 1.69 bits per heavy atom. The Morgan fingerprint density at radius 3 is 2.27 bits per heavy atom. The summed E-state index contributed by atoms with van der Waals surface area (Å²) in [5.74, 6) is -0.879. The van der Waals surface area contributed by atoms with Crippen LogP contribution in [0.15, 0.2) is 12.1 Å². The number of nitrogens with zero attached hydrogens (tertiary/aromatic N) is 1. The Kier molecular flexibility index (Phi) is 6.78. The third kappa shape index (κ3) is 4.62. The van der Waals surface area contributed by atoms with Gasteiger partial charge in [0.15, 0.2) is 0 Å². The zero-order valence-electron chi connectivity index (χ0n) is 16.4. The average molecular weight is 363 g/mol. The van der Waals surface area contributed by atoms with Crippen LogP contribution in [0.2, 0.25) is 0 Å². The summed E-state index contributed by atoms with van der Waals surface area (Å²) in [5.41, 5.74) is 3.06. The van der Waals surface area contributed by atoms with Crippen LogP contribution in [0.1, 0.15) is 42.0 Å². The first kappa shape index (κ1) is 20.4. The Labute approximate surface area is 155 Å². The van der Waals surface area contributed by atoms with Gasteiger partial charge in [-0.05, 0) is 49.9 Å². The van der Waals surface area contributed by atoms with Gasteiger partial charge in [-0.3, -0.25) is 4.79 Å². The summed E-state index contributed by atoms with van der Waals surface area (Å²) in [7, 11) is 1.59. The number of rotatable bonds is 6. The molecule has 0 amide bonds. The lowest BCUT2D eigenvalue weighted by Crippen LogP contribution is -2.52. The van der Waals surface area contributed by atoms with E-state index in [0.717, 1.165) is 16.7 Å². The van der Waals surface area contributed by atoms with Crippen LogP contribution in [0.4, 0.5) is 0 Å². The lowest BCUT2D eigenvalue weighted by atomic mass is 9.91. The summed E-state index contributed by atoms with van der Waals surface area (Å²) in [6.45, 7) is 9.05. The standard InChI is InChI=1S/C20H29NO5/c1-6-25-19(23)20(7-9-21(24-5)10-8-20)26-18(22)13-17-12-15(3)14(2)11-16(17)4/h11-12H,6-10,13H2,1-5H3. The molecule has 1 heterocycles. The number of carbonyl (C=O) groups excluding carboxylic acids is 2. The van der Waals surface area contributed by atoms with Crippen molar-refractivity contribution >= 4 is 11.9 Å². The molecule has 1 saturated heterocycles. The highest BCUT2D eigenvalue weighted by molar-refractivity contribution is 5.84. The molecule has 2 rings (SSSR count). The molecule has 0 spiro atoms. The quantitative estimate of drug-likeness (QED) is 0.724. The van der Waals surface area contributed by atoms with Gasteiger partial charge in [-0.2, -0.15) is 5.06 Å². The Morgan fingerprint density at radius 1 is 1.08 bits per heavy atom. The lowest BCUT2D eigenvalue weighted by Gasteiger charge is -2.38. The predicted octanol–water partition coefficient (Wildman–Crippen LogP) is 2.66. The molecule has 0 atom stereocenters. The van der Waals surface area contributed by atoms with Crippen LogP contribution >= 0.6 is 0 Å². The minimum Gasteiger partial charge on any atom is -0.463 e. The predicted molar refractivity (Wildman–Crippen MR) is 97.6 cm³/mol. The van der Waals surface area contributed by atoms with E-state index in [4.69, 9.17) is 14.3 Å². The van der Waals surface area contributed by atoms with Crippen molar-refractivity contribution in [1.29, 1.82) is 0 Å². The van der Waals surface area contributed by atoms with Crippen molar-refractivity contribution in [1.82, 2.24) is 5.06 Å². The number of hydrogen-bond donors (Lipinski definition) is 0. The largest absolute Gasteiger partial charge is 0.463 e. The normalized spacial score (nSPS) is 17.0. The number of hydrogen-bond acceptors (Lipinski definition) is 6. The van der Waals surface area contributed by atoms with Crippen LogP contribution in [0.5, 0.6) is 0 Å². The number of esters is 2. The van der Waals surface area contributed by atoms with Crippen LogP contribution in [0.25, 0.3) is 0 Å². The van der Waals surface area contributed by atoms with Gasteiger partial charge in [0, 0.05) is 25.9 Å². The molecule has 0 aliphatic carbocycles. The average Bonchev–Trinajstić information content (AvgIpc) is 2.60. The fourth-order valence-corrected chi connectivity index (χ4v) is 3.26. The maximum atomic E-state index is 12.6. The zero-order valence-corrected chi connectivity index (χ0v) is 16.4. The van der Waals surface area contributed by atoms with E-state index >= 15 is 0 Å². The number of benzene rings is 1. The molecule has 0 unspecified atom stereocenters. The second kappa shape index (κ2) is 8.64. The minimum atomic E-state index is -1.23. The van der Waals surface area contributed by atoms with Crippen molar-refractivity contribution in [2.24, 2.45) is 0 Å². The molecule has 0 radical (unpaired) electrons. The Bertz CT molecular complexity index is 662. The molecule has 0 saturated carbocycles. The van der Waals surface area contributed by atoms with Crippen molar-refractivity contribution in [2.45, 2.75) is 52.6 Å². The van der Waals surface area contributed by atoms with Gasteiger partial charge < -0.3 is 14.3 Å². The summed E-state index contributed by atoms with van der Waals surface area (Å²) in [5, 5.41) is 1.75. The van der Waals surface area contributed by atoms with Crippen LogP contribution in [-0.4, -0.2) is 49.4 Å². The van der Waals surface area contributed by atoms with Gasteiger partial charge in [-0.25, -0.2) is 4.79 Å². The zero-order chi connectivity index (χ0) is 19.3. The smallest absolute Gasteiger partial charge is 0.350 e. The van der Waals surface area contributed by atoms with Crippen LogP contribution in [0, 0.1) is 20.8 Å². The van der Waals surface area contributed by atoms with Gasteiger partial charge in [-0.1, -0.05) is 12.1 Å². The van der Waals surface area contributed by atoms with E-state index < -0.39 is 17.5 Å². The van der Waals surface area contributed by atoms with E-state index in [2.05, 4.69) is 6.07 Å². The molecule has 6 nitrogen and oxygen atoms in total. The van der Waals surface area contributed by atoms with Crippen LogP contribution in [-0.2, 0) is 30.3 Å². The molecule has 1 aromatic carbocycles. The molecule has 26 heavy (non-hydrogen) atoms. The molecular formula is C20H29NO5. The molecule has 1 aliphatic rings. The topological polar surface area (TPSA) is 65.1 Å². The number of carbonyl (C=O) groups is 2. The second-order valence-electron chi connectivity index (χ2n) is 6.84. The summed E-state index contributed by atoms with van der Waals surface area (Å²) in [6, 6.07) is 4.08. The van der Waals surface area contributed by atoms with E-state index in [0.29, 0.717) is 25.9 Å². The summed E-state index contributed by atoms with van der Waals surface area (Å²) in [6.07, 6.45) is 0.858. The molecule has 144 valence electrons. The fraction of sp³-hybridized carbons (Fsp3) is 0.600. The van der Waals surface area contributed by atoms with Crippen molar-refractivity contribution in [3.63, 3.8) is 0 Å². The first-order chi connectivity index (χ1) is 12.3. The molecule has 1 aromatic rings. The number of aryl methyl sites for hydroxylation is 3. The van der Waals surface area contributed by atoms with Gasteiger partial charge in [0.25, 0.3) is 0 Å². The molecule has 6 heteroatoms. The van der Waals surface area contributed by atoms with E-state index in [9.17, 15) is 9.59 Å². The lowest BCUT2D eigenvalue weighted by molar-refractivity contribution is -0.207.